The molecule has 3 nitrogen and oxygen atoms in total. The molecule has 0 N–H and O–H groups in total. The van der Waals surface area contributed by atoms with Crippen LogP contribution in [0.3, 0.4) is 0 Å². The van der Waals surface area contributed by atoms with E-state index in [-0.39, 0.29) is 0 Å². The van der Waals surface area contributed by atoms with Crippen LogP contribution in [0.1, 0.15) is 22.1 Å². The third-order valence-electron chi connectivity index (χ3n) is 3.94. The molecule has 0 aliphatic carbocycles. The van der Waals surface area contributed by atoms with Crippen LogP contribution in [0, 0.1) is 13.8 Å². The first-order valence-electron chi connectivity index (χ1n) is 6.77. The summed E-state index contributed by atoms with van der Waals surface area (Å²) in [6, 6.07) is 10.6. The standard InChI is InChI=1S/C16H15N3S/c1-10-7-13-14(8-11(10)2)19-9-15(20-16(19)18-13)12-5-3-4-6-17-12/h3-8,15H,9H2,1-2H3. The number of hydrogen-bond donors (Lipinski definition) is 0. The second-order valence-corrected chi connectivity index (χ2v) is 6.46. The summed E-state index contributed by atoms with van der Waals surface area (Å²) in [5, 5.41) is 1.49. The highest BCUT2D eigenvalue weighted by Gasteiger charge is 2.27. The van der Waals surface area contributed by atoms with Crippen LogP contribution in [-0.4, -0.2) is 14.5 Å². The van der Waals surface area contributed by atoms with Gasteiger partial charge in [-0.2, -0.15) is 0 Å². The van der Waals surface area contributed by atoms with Crippen LogP contribution < -0.4 is 0 Å². The molecule has 0 amide bonds. The molecule has 0 bridgehead atoms. The minimum atomic E-state index is 0.379. The van der Waals surface area contributed by atoms with Crippen molar-refractivity contribution in [2.75, 3.05) is 0 Å². The number of hydrogen-bond acceptors (Lipinski definition) is 3. The van der Waals surface area contributed by atoms with Crippen LogP contribution in [0.15, 0.2) is 41.7 Å². The van der Waals surface area contributed by atoms with E-state index < -0.39 is 0 Å². The van der Waals surface area contributed by atoms with Gasteiger partial charge in [0.1, 0.15) is 0 Å². The third-order valence-corrected chi connectivity index (χ3v) is 5.14. The zero-order valence-electron chi connectivity index (χ0n) is 11.5. The van der Waals surface area contributed by atoms with Gasteiger partial charge in [0.25, 0.3) is 0 Å². The van der Waals surface area contributed by atoms with E-state index in [9.17, 15) is 0 Å². The molecular weight excluding hydrogens is 266 g/mol. The fourth-order valence-corrected chi connectivity index (χ4v) is 3.86. The number of aromatic nitrogens is 3. The van der Waals surface area contributed by atoms with Gasteiger partial charge in [-0.15, -0.1) is 0 Å². The lowest BCUT2D eigenvalue weighted by molar-refractivity contribution is 0.674. The van der Waals surface area contributed by atoms with Crippen LogP contribution in [0.4, 0.5) is 0 Å². The molecule has 0 saturated carbocycles. The molecule has 0 spiro atoms. The largest absolute Gasteiger partial charge is 0.317 e. The van der Waals surface area contributed by atoms with Gasteiger partial charge in [-0.1, -0.05) is 17.8 Å². The molecule has 1 atom stereocenters. The molecule has 4 heteroatoms. The van der Waals surface area contributed by atoms with Gasteiger partial charge in [-0.3, -0.25) is 4.98 Å². The summed E-state index contributed by atoms with van der Waals surface area (Å²) < 4.78 is 2.33. The predicted octanol–water partition coefficient (Wildman–Crippen LogP) is 3.90. The van der Waals surface area contributed by atoms with Gasteiger partial charge in [-0.25, -0.2) is 4.98 Å². The van der Waals surface area contributed by atoms with Crippen LogP contribution in [0.5, 0.6) is 0 Å². The first-order valence-corrected chi connectivity index (χ1v) is 7.65. The van der Waals surface area contributed by atoms with Crippen molar-refractivity contribution < 1.29 is 0 Å². The topological polar surface area (TPSA) is 30.7 Å². The van der Waals surface area contributed by atoms with Crippen molar-refractivity contribution in [3.05, 3.63) is 53.3 Å². The first kappa shape index (κ1) is 12.0. The quantitative estimate of drug-likeness (QED) is 0.678. The molecule has 1 unspecified atom stereocenters. The molecule has 4 rings (SSSR count). The SMILES string of the molecule is Cc1cc2nc3n(c2cc1C)CC(c1ccccn1)S3. The Balaban J connectivity index is 1.78. The molecular formula is C16H15N3S. The summed E-state index contributed by atoms with van der Waals surface area (Å²) in [6.07, 6.45) is 1.86. The predicted molar refractivity (Wildman–Crippen MR) is 82.0 cm³/mol. The van der Waals surface area contributed by atoms with Gasteiger partial charge in [-0.05, 0) is 49.2 Å². The Morgan fingerprint density at radius 1 is 1.20 bits per heavy atom. The molecule has 0 radical (unpaired) electrons. The van der Waals surface area contributed by atoms with Gasteiger partial charge < -0.3 is 4.57 Å². The number of fused-ring (bicyclic) bond motifs is 3. The fourth-order valence-electron chi connectivity index (χ4n) is 2.67. The number of rotatable bonds is 1. The second-order valence-electron chi connectivity index (χ2n) is 5.29. The number of thioether (sulfide) groups is 1. The molecule has 3 aromatic rings. The summed E-state index contributed by atoms with van der Waals surface area (Å²) in [4.78, 5) is 9.24. The normalized spacial score (nSPS) is 17.6. The van der Waals surface area contributed by atoms with Crippen molar-refractivity contribution in [3.8, 4) is 0 Å². The van der Waals surface area contributed by atoms with Gasteiger partial charge in [0.15, 0.2) is 5.16 Å². The molecule has 1 aliphatic heterocycles. The van der Waals surface area contributed by atoms with Gasteiger partial charge in [0.05, 0.1) is 22.0 Å². The van der Waals surface area contributed by atoms with E-state index in [1.54, 1.807) is 0 Å². The Bertz CT molecular complexity index is 792. The lowest BCUT2D eigenvalue weighted by Gasteiger charge is -2.08. The highest BCUT2D eigenvalue weighted by molar-refractivity contribution is 7.99. The summed E-state index contributed by atoms with van der Waals surface area (Å²) in [5.74, 6) is 0. The average molecular weight is 281 g/mol. The van der Waals surface area contributed by atoms with Crippen LogP contribution >= 0.6 is 11.8 Å². The van der Waals surface area contributed by atoms with Crippen molar-refractivity contribution >= 4 is 22.8 Å². The first-order chi connectivity index (χ1) is 9.72. The Labute approximate surface area is 122 Å². The van der Waals surface area contributed by atoms with E-state index in [0.717, 1.165) is 22.9 Å². The van der Waals surface area contributed by atoms with Gasteiger partial charge in [0, 0.05) is 12.7 Å². The van der Waals surface area contributed by atoms with E-state index in [0.29, 0.717) is 5.25 Å². The molecule has 1 aromatic carbocycles. The smallest absolute Gasteiger partial charge is 0.169 e. The molecule has 2 aromatic heterocycles. The molecule has 1 aliphatic rings. The highest BCUT2D eigenvalue weighted by atomic mass is 32.2. The number of pyridine rings is 1. The number of benzene rings is 1. The summed E-state index contributed by atoms with van der Waals surface area (Å²) in [7, 11) is 0. The van der Waals surface area contributed by atoms with E-state index >= 15 is 0 Å². The Morgan fingerprint density at radius 2 is 2.05 bits per heavy atom. The minimum Gasteiger partial charge on any atom is -0.317 e. The zero-order valence-corrected chi connectivity index (χ0v) is 12.3. The average Bonchev–Trinajstić information content (AvgIpc) is 2.99. The molecule has 0 fully saturated rings. The number of nitrogens with zero attached hydrogens (tertiary/aromatic N) is 3. The van der Waals surface area contributed by atoms with E-state index in [4.69, 9.17) is 4.98 Å². The lowest BCUT2D eigenvalue weighted by atomic mass is 10.1. The van der Waals surface area contributed by atoms with Crippen molar-refractivity contribution in [3.63, 3.8) is 0 Å². The maximum Gasteiger partial charge on any atom is 0.169 e. The fraction of sp³-hybridized carbons (Fsp3) is 0.250. The Hall–Kier alpha value is -1.81. The van der Waals surface area contributed by atoms with Crippen molar-refractivity contribution in [1.82, 2.24) is 14.5 Å². The maximum atomic E-state index is 4.77. The summed E-state index contributed by atoms with van der Waals surface area (Å²) in [5.41, 5.74) is 6.12. The van der Waals surface area contributed by atoms with E-state index in [1.165, 1.54) is 16.6 Å². The van der Waals surface area contributed by atoms with Gasteiger partial charge in [0.2, 0.25) is 0 Å². The lowest BCUT2D eigenvalue weighted by Crippen LogP contribution is -2.00. The highest BCUT2D eigenvalue weighted by Crippen LogP contribution is 2.43. The van der Waals surface area contributed by atoms with E-state index in [1.807, 2.05) is 24.0 Å². The van der Waals surface area contributed by atoms with E-state index in [2.05, 4.69) is 47.7 Å². The zero-order chi connectivity index (χ0) is 13.7. The van der Waals surface area contributed by atoms with Crippen molar-refractivity contribution in [2.45, 2.75) is 30.8 Å². The van der Waals surface area contributed by atoms with Crippen LogP contribution in [0.25, 0.3) is 11.0 Å². The Kier molecular flexibility index (Phi) is 2.60. The summed E-state index contributed by atoms with van der Waals surface area (Å²) in [6.45, 7) is 5.26. The third kappa shape index (κ3) is 1.75. The maximum absolute atomic E-state index is 4.77. The van der Waals surface area contributed by atoms with Gasteiger partial charge >= 0.3 is 0 Å². The van der Waals surface area contributed by atoms with Crippen molar-refractivity contribution in [2.24, 2.45) is 0 Å². The monoisotopic (exact) mass is 281 g/mol. The summed E-state index contributed by atoms with van der Waals surface area (Å²) >= 11 is 1.82. The van der Waals surface area contributed by atoms with Crippen LogP contribution in [-0.2, 0) is 6.54 Å². The molecule has 0 saturated heterocycles. The number of aryl methyl sites for hydroxylation is 2. The molecule has 20 heavy (non-hydrogen) atoms. The van der Waals surface area contributed by atoms with Crippen LogP contribution in [0.2, 0.25) is 0 Å². The Morgan fingerprint density at radius 3 is 2.85 bits per heavy atom. The second kappa shape index (κ2) is 4.35. The molecule has 3 heterocycles. The molecule has 100 valence electrons. The number of imidazole rings is 1. The van der Waals surface area contributed by atoms with Crippen molar-refractivity contribution in [1.29, 1.82) is 0 Å². The minimum absolute atomic E-state index is 0.379.